The molecule has 0 spiro atoms. The lowest BCUT2D eigenvalue weighted by molar-refractivity contribution is -0.141. The molecule has 0 fully saturated rings. The number of rotatable bonds is 9. The number of ether oxygens (including phenoxy) is 1. The van der Waals surface area contributed by atoms with Gasteiger partial charge >= 0.3 is 5.97 Å². The first kappa shape index (κ1) is 16.1. The van der Waals surface area contributed by atoms with Crippen molar-refractivity contribution in [3.8, 4) is 0 Å². The smallest absolute Gasteiger partial charge is 0.326 e. The number of amides is 1. The van der Waals surface area contributed by atoms with Crippen LogP contribution in [0.15, 0.2) is 30.3 Å². The summed E-state index contributed by atoms with van der Waals surface area (Å²) in [5.74, 6) is -1.39. The highest BCUT2D eigenvalue weighted by Gasteiger charge is 2.19. The van der Waals surface area contributed by atoms with Gasteiger partial charge in [-0.3, -0.25) is 4.79 Å². The molecule has 0 bridgehead atoms. The van der Waals surface area contributed by atoms with E-state index in [1.807, 2.05) is 30.3 Å². The molecular weight excluding hydrogens is 260 g/mol. The number of carboxylic acids is 1. The zero-order chi connectivity index (χ0) is 14.8. The molecule has 0 radical (unpaired) electrons. The van der Waals surface area contributed by atoms with Crippen LogP contribution in [0.1, 0.15) is 5.56 Å². The minimum absolute atomic E-state index is 0.0714. The Balaban J connectivity index is 2.43. The molecule has 1 unspecified atom stereocenters. The van der Waals surface area contributed by atoms with Crippen LogP contribution in [0.4, 0.5) is 0 Å². The summed E-state index contributed by atoms with van der Waals surface area (Å²) in [6, 6.07) is 8.27. The third-order valence-electron chi connectivity index (χ3n) is 2.68. The van der Waals surface area contributed by atoms with Crippen LogP contribution in [0.25, 0.3) is 0 Å². The van der Waals surface area contributed by atoms with E-state index in [2.05, 4.69) is 10.6 Å². The largest absolute Gasteiger partial charge is 0.480 e. The van der Waals surface area contributed by atoms with Gasteiger partial charge < -0.3 is 20.5 Å². The Hall–Kier alpha value is -1.92. The van der Waals surface area contributed by atoms with Gasteiger partial charge in [-0.25, -0.2) is 4.79 Å². The molecule has 1 amide bonds. The van der Waals surface area contributed by atoms with Gasteiger partial charge in [0.15, 0.2) is 0 Å². The Morgan fingerprint density at radius 3 is 2.60 bits per heavy atom. The summed E-state index contributed by atoms with van der Waals surface area (Å²) in [6.45, 7) is 1.11. The number of nitrogens with one attached hydrogen (secondary N) is 2. The normalized spacial score (nSPS) is 11.8. The van der Waals surface area contributed by atoms with Crippen molar-refractivity contribution in [2.75, 3.05) is 26.8 Å². The summed E-state index contributed by atoms with van der Waals surface area (Å²) < 4.78 is 4.83. The molecule has 1 aromatic carbocycles. The second-order valence-electron chi connectivity index (χ2n) is 4.32. The predicted octanol–water partition coefficient (Wildman–Crippen LogP) is 0.0345. The van der Waals surface area contributed by atoms with Crippen molar-refractivity contribution in [1.29, 1.82) is 0 Å². The Kier molecular flexibility index (Phi) is 7.31. The van der Waals surface area contributed by atoms with Gasteiger partial charge in [0.25, 0.3) is 0 Å². The number of hydrogen-bond donors (Lipinski definition) is 3. The van der Waals surface area contributed by atoms with E-state index >= 15 is 0 Å². The van der Waals surface area contributed by atoms with Crippen molar-refractivity contribution < 1.29 is 19.4 Å². The molecule has 0 saturated heterocycles. The zero-order valence-electron chi connectivity index (χ0n) is 11.5. The van der Waals surface area contributed by atoms with Crippen LogP contribution in [0.2, 0.25) is 0 Å². The lowest BCUT2D eigenvalue weighted by Crippen LogP contribution is -2.46. The van der Waals surface area contributed by atoms with Crippen LogP contribution in [0.5, 0.6) is 0 Å². The monoisotopic (exact) mass is 280 g/mol. The van der Waals surface area contributed by atoms with Crippen molar-refractivity contribution in [2.45, 2.75) is 12.5 Å². The van der Waals surface area contributed by atoms with Gasteiger partial charge in [0.2, 0.25) is 5.91 Å². The lowest BCUT2D eigenvalue weighted by Gasteiger charge is -2.15. The molecule has 0 aliphatic heterocycles. The van der Waals surface area contributed by atoms with Crippen molar-refractivity contribution in [1.82, 2.24) is 10.6 Å². The average Bonchev–Trinajstić information content (AvgIpc) is 2.44. The number of carbonyl (C=O) groups excluding carboxylic acids is 1. The van der Waals surface area contributed by atoms with Crippen LogP contribution in [-0.4, -0.2) is 49.8 Å². The third-order valence-corrected chi connectivity index (χ3v) is 2.68. The SMILES string of the molecule is COCCNCC(=O)NC(Cc1ccccc1)C(=O)O. The van der Waals surface area contributed by atoms with E-state index in [0.29, 0.717) is 13.2 Å². The Bertz CT molecular complexity index is 422. The molecule has 1 rings (SSSR count). The van der Waals surface area contributed by atoms with Crippen LogP contribution in [-0.2, 0) is 20.7 Å². The van der Waals surface area contributed by atoms with E-state index in [4.69, 9.17) is 9.84 Å². The summed E-state index contributed by atoms with van der Waals surface area (Å²) >= 11 is 0. The summed E-state index contributed by atoms with van der Waals surface area (Å²) in [4.78, 5) is 22.8. The number of carbonyl (C=O) groups is 2. The molecule has 20 heavy (non-hydrogen) atoms. The number of benzene rings is 1. The summed E-state index contributed by atoms with van der Waals surface area (Å²) in [5.41, 5.74) is 0.868. The topological polar surface area (TPSA) is 87.7 Å². The molecule has 0 aliphatic carbocycles. The maximum Gasteiger partial charge on any atom is 0.326 e. The molecular formula is C14H20N2O4. The van der Waals surface area contributed by atoms with Crippen molar-refractivity contribution in [2.24, 2.45) is 0 Å². The van der Waals surface area contributed by atoms with Gasteiger partial charge in [-0.15, -0.1) is 0 Å². The number of carboxylic acid groups (broad SMARTS) is 1. The second-order valence-corrected chi connectivity index (χ2v) is 4.32. The predicted molar refractivity (Wildman–Crippen MR) is 74.5 cm³/mol. The fraction of sp³-hybridized carbons (Fsp3) is 0.429. The molecule has 6 heteroatoms. The van der Waals surface area contributed by atoms with Gasteiger partial charge in [-0.1, -0.05) is 30.3 Å². The van der Waals surface area contributed by atoms with E-state index in [9.17, 15) is 9.59 Å². The Labute approximate surface area is 118 Å². The maximum absolute atomic E-state index is 11.6. The van der Waals surface area contributed by atoms with Crippen LogP contribution >= 0.6 is 0 Å². The molecule has 0 saturated carbocycles. The number of aliphatic carboxylic acids is 1. The van der Waals surface area contributed by atoms with Crippen molar-refractivity contribution in [3.63, 3.8) is 0 Å². The van der Waals surface area contributed by atoms with E-state index in [1.54, 1.807) is 7.11 Å². The quantitative estimate of drug-likeness (QED) is 0.556. The van der Waals surface area contributed by atoms with Crippen LogP contribution in [0.3, 0.4) is 0 Å². The van der Waals surface area contributed by atoms with Gasteiger partial charge in [0, 0.05) is 20.1 Å². The Morgan fingerprint density at radius 2 is 2.00 bits per heavy atom. The maximum atomic E-state index is 11.6. The minimum atomic E-state index is -1.04. The molecule has 0 heterocycles. The average molecular weight is 280 g/mol. The lowest BCUT2D eigenvalue weighted by atomic mass is 10.1. The van der Waals surface area contributed by atoms with E-state index in [1.165, 1.54) is 0 Å². The number of methoxy groups -OCH3 is 1. The fourth-order valence-electron chi connectivity index (χ4n) is 1.67. The molecule has 110 valence electrons. The zero-order valence-corrected chi connectivity index (χ0v) is 11.5. The number of hydrogen-bond acceptors (Lipinski definition) is 4. The van der Waals surface area contributed by atoms with Gasteiger partial charge in [-0.2, -0.15) is 0 Å². The van der Waals surface area contributed by atoms with E-state index < -0.39 is 12.0 Å². The van der Waals surface area contributed by atoms with Gasteiger partial charge in [-0.05, 0) is 5.56 Å². The highest BCUT2D eigenvalue weighted by molar-refractivity contribution is 5.84. The molecule has 6 nitrogen and oxygen atoms in total. The second kappa shape index (κ2) is 9.06. The summed E-state index contributed by atoms with van der Waals surface area (Å²) in [5, 5.41) is 14.5. The molecule has 0 aliphatic rings. The third kappa shape index (κ3) is 6.31. The fourth-order valence-corrected chi connectivity index (χ4v) is 1.67. The van der Waals surface area contributed by atoms with Crippen molar-refractivity contribution >= 4 is 11.9 Å². The van der Waals surface area contributed by atoms with E-state index in [-0.39, 0.29) is 18.9 Å². The first-order valence-electron chi connectivity index (χ1n) is 6.39. The molecule has 1 atom stereocenters. The molecule has 0 aromatic heterocycles. The first-order chi connectivity index (χ1) is 9.63. The van der Waals surface area contributed by atoms with E-state index in [0.717, 1.165) is 5.56 Å². The standard InChI is InChI=1S/C14H20N2O4/c1-20-8-7-15-10-13(17)16-12(14(18)19)9-11-5-3-2-4-6-11/h2-6,12,15H,7-10H2,1H3,(H,16,17)(H,18,19). The highest BCUT2D eigenvalue weighted by atomic mass is 16.5. The van der Waals surface area contributed by atoms with Crippen LogP contribution < -0.4 is 10.6 Å². The van der Waals surface area contributed by atoms with Crippen LogP contribution in [0, 0.1) is 0 Å². The van der Waals surface area contributed by atoms with Crippen molar-refractivity contribution in [3.05, 3.63) is 35.9 Å². The summed E-state index contributed by atoms with van der Waals surface area (Å²) in [6.07, 6.45) is 0.264. The van der Waals surface area contributed by atoms with Gasteiger partial charge in [0.1, 0.15) is 6.04 Å². The summed E-state index contributed by atoms with van der Waals surface area (Å²) in [7, 11) is 1.57. The Morgan fingerprint density at radius 1 is 1.30 bits per heavy atom. The first-order valence-corrected chi connectivity index (χ1v) is 6.39. The molecule has 1 aromatic rings. The highest BCUT2D eigenvalue weighted by Crippen LogP contribution is 2.03. The minimum Gasteiger partial charge on any atom is -0.480 e. The molecule has 3 N–H and O–H groups in total. The van der Waals surface area contributed by atoms with Gasteiger partial charge in [0.05, 0.1) is 13.2 Å².